The minimum Gasteiger partial charge on any atom is -0.475 e. The summed E-state index contributed by atoms with van der Waals surface area (Å²) in [5.41, 5.74) is 2.50. The summed E-state index contributed by atoms with van der Waals surface area (Å²) >= 11 is 0. The molecule has 1 amide bonds. The number of hydrogen-bond donors (Lipinski definition) is 2. The quantitative estimate of drug-likeness (QED) is 0.271. The highest BCUT2D eigenvalue weighted by molar-refractivity contribution is 5.68. The molecule has 5 rings (SSSR count). The van der Waals surface area contributed by atoms with Gasteiger partial charge >= 0.3 is 6.09 Å². The van der Waals surface area contributed by atoms with Gasteiger partial charge in [-0.2, -0.15) is 9.61 Å². The van der Waals surface area contributed by atoms with E-state index in [-0.39, 0.29) is 18.8 Å². The standard InChI is InChI=1S/C33H49N7O5/c1-5-25-23-36-40-28(20-29(37-31(25)40)39-14-7-6-8-26(39)13-17-41)34-21-24-9-10-30(35-22-24)44-19-18-43-27-11-15-38(16-12-27)32(42)45-33(2,3)4/h9-10,20,22-23,26-27,34,41H,5-8,11-19,21H2,1-4H3. The second kappa shape index (κ2) is 15.1. The molecular weight excluding hydrogens is 574 g/mol. The third kappa shape index (κ3) is 8.76. The Morgan fingerprint density at radius 2 is 1.91 bits per heavy atom. The molecule has 2 aliphatic heterocycles. The van der Waals surface area contributed by atoms with Gasteiger partial charge in [0.05, 0.1) is 18.9 Å². The first kappa shape index (κ1) is 32.7. The van der Waals surface area contributed by atoms with Crippen LogP contribution < -0.4 is 15.0 Å². The van der Waals surface area contributed by atoms with Crippen LogP contribution in [0.1, 0.15) is 77.3 Å². The predicted octanol–water partition coefficient (Wildman–Crippen LogP) is 4.84. The topological polar surface area (TPSA) is 127 Å². The number of piperidine rings is 2. The summed E-state index contributed by atoms with van der Waals surface area (Å²) in [6, 6.07) is 6.24. The summed E-state index contributed by atoms with van der Waals surface area (Å²) in [6.07, 6.45) is 10.1. The Morgan fingerprint density at radius 3 is 2.62 bits per heavy atom. The van der Waals surface area contributed by atoms with Crippen LogP contribution in [0.25, 0.3) is 5.65 Å². The minimum absolute atomic E-state index is 0.104. The van der Waals surface area contributed by atoms with Gasteiger partial charge in [0, 0.05) is 62.7 Å². The van der Waals surface area contributed by atoms with Crippen LogP contribution in [0.2, 0.25) is 0 Å². The molecule has 0 spiro atoms. The predicted molar refractivity (Wildman–Crippen MR) is 173 cm³/mol. The van der Waals surface area contributed by atoms with Gasteiger partial charge < -0.3 is 34.4 Å². The number of amides is 1. The molecule has 0 aromatic carbocycles. The first-order valence-corrected chi connectivity index (χ1v) is 16.4. The van der Waals surface area contributed by atoms with Gasteiger partial charge in [0.25, 0.3) is 0 Å². The molecule has 1 atom stereocenters. The average molecular weight is 624 g/mol. The van der Waals surface area contributed by atoms with Gasteiger partial charge in [0.2, 0.25) is 5.88 Å². The van der Waals surface area contributed by atoms with Crippen LogP contribution in [-0.2, 0) is 22.4 Å². The van der Waals surface area contributed by atoms with Crippen LogP contribution in [0.4, 0.5) is 16.4 Å². The van der Waals surface area contributed by atoms with Crippen molar-refractivity contribution in [1.82, 2.24) is 24.5 Å². The molecular formula is C33H49N7O5. The monoisotopic (exact) mass is 623 g/mol. The Bertz CT molecular complexity index is 1380. The zero-order chi connectivity index (χ0) is 31.8. The van der Waals surface area contributed by atoms with Gasteiger partial charge in [-0.1, -0.05) is 13.0 Å². The second-order valence-corrected chi connectivity index (χ2v) is 12.9. The fourth-order valence-electron chi connectivity index (χ4n) is 5.96. The van der Waals surface area contributed by atoms with E-state index >= 15 is 0 Å². The molecule has 246 valence electrons. The van der Waals surface area contributed by atoms with Crippen molar-refractivity contribution >= 4 is 23.4 Å². The van der Waals surface area contributed by atoms with Crippen molar-refractivity contribution in [2.75, 3.05) is 49.7 Å². The third-order valence-electron chi connectivity index (χ3n) is 8.35. The lowest BCUT2D eigenvalue weighted by molar-refractivity contribution is -0.0179. The van der Waals surface area contributed by atoms with Crippen molar-refractivity contribution < 1.29 is 24.1 Å². The van der Waals surface area contributed by atoms with Gasteiger partial charge in [-0.15, -0.1) is 0 Å². The Hall–Kier alpha value is -3.64. The van der Waals surface area contributed by atoms with Gasteiger partial charge in [0.15, 0.2) is 5.65 Å². The van der Waals surface area contributed by atoms with Crippen LogP contribution in [0.3, 0.4) is 0 Å². The first-order chi connectivity index (χ1) is 21.7. The molecule has 12 nitrogen and oxygen atoms in total. The van der Waals surface area contributed by atoms with E-state index < -0.39 is 5.60 Å². The molecule has 2 fully saturated rings. The highest BCUT2D eigenvalue weighted by Gasteiger charge is 2.27. The number of aryl methyl sites for hydroxylation is 1. The van der Waals surface area contributed by atoms with E-state index in [0.29, 0.717) is 44.8 Å². The van der Waals surface area contributed by atoms with E-state index in [4.69, 9.17) is 19.2 Å². The van der Waals surface area contributed by atoms with Crippen LogP contribution in [0, 0.1) is 0 Å². The molecule has 0 bridgehead atoms. The lowest BCUT2D eigenvalue weighted by Crippen LogP contribution is -2.43. The molecule has 0 aliphatic carbocycles. The molecule has 45 heavy (non-hydrogen) atoms. The fraction of sp³-hybridized carbons (Fsp3) is 0.636. The summed E-state index contributed by atoms with van der Waals surface area (Å²) in [4.78, 5) is 25.9. The Labute approximate surface area is 266 Å². The van der Waals surface area contributed by atoms with Crippen LogP contribution in [0.5, 0.6) is 5.88 Å². The zero-order valence-electron chi connectivity index (χ0n) is 27.2. The van der Waals surface area contributed by atoms with E-state index in [2.05, 4.69) is 33.3 Å². The number of nitrogens with one attached hydrogen (secondary N) is 1. The second-order valence-electron chi connectivity index (χ2n) is 12.9. The number of aromatic nitrogens is 4. The highest BCUT2D eigenvalue weighted by atomic mass is 16.6. The summed E-state index contributed by atoms with van der Waals surface area (Å²) in [5, 5.41) is 17.8. The molecule has 3 aromatic rings. The number of pyridine rings is 1. The Morgan fingerprint density at radius 1 is 1.09 bits per heavy atom. The van der Waals surface area contributed by atoms with E-state index in [9.17, 15) is 9.90 Å². The van der Waals surface area contributed by atoms with E-state index in [1.165, 1.54) is 6.42 Å². The highest BCUT2D eigenvalue weighted by Crippen LogP contribution is 2.29. The molecule has 2 N–H and O–H groups in total. The third-order valence-corrected chi connectivity index (χ3v) is 8.35. The number of rotatable bonds is 12. The molecule has 2 aliphatic rings. The fourth-order valence-corrected chi connectivity index (χ4v) is 5.96. The minimum atomic E-state index is -0.488. The number of carbonyl (C=O) groups is 1. The summed E-state index contributed by atoms with van der Waals surface area (Å²) in [7, 11) is 0. The lowest BCUT2D eigenvalue weighted by Gasteiger charge is -2.36. The van der Waals surface area contributed by atoms with Crippen molar-refractivity contribution in [3.8, 4) is 5.88 Å². The smallest absolute Gasteiger partial charge is 0.410 e. The van der Waals surface area contributed by atoms with Crippen LogP contribution >= 0.6 is 0 Å². The average Bonchev–Trinajstić information content (AvgIpc) is 3.46. The maximum atomic E-state index is 12.3. The van der Waals surface area contributed by atoms with Crippen molar-refractivity contribution in [3.63, 3.8) is 0 Å². The maximum absolute atomic E-state index is 12.3. The number of aliphatic hydroxyl groups is 1. The lowest BCUT2D eigenvalue weighted by atomic mass is 9.99. The number of nitrogens with zero attached hydrogens (tertiary/aromatic N) is 6. The molecule has 1 unspecified atom stereocenters. The molecule has 2 saturated heterocycles. The van der Waals surface area contributed by atoms with Crippen LogP contribution in [0.15, 0.2) is 30.6 Å². The molecule has 12 heteroatoms. The van der Waals surface area contributed by atoms with E-state index in [1.54, 1.807) is 4.90 Å². The first-order valence-electron chi connectivity index (χ1n) is 16.4. The summed E-state index contributed by atoms with van der Waals surface area (Å²) < 4.78 is 19.2. The number of ether oxygens (including phenoxy) is 3. The number of likely N-dealkylation sites (tertiary alicyclic amines) is 1. The normalized spacial score (nSPS) is 17.9. The van der Waals surface area contributed by atoms with E-state index in [1.807, 2.05) is 49.8 Å². The number of fused-ring (bicyclic) bond motifs is 1. The van der Waals surface area contributed by atoms with Crippen molar-refractivity contribution in [1.29, 1.82) is 0 Å². The zero-order valence-corrected chi connectivity index (χ0v) is 27.2. The van der Waals surface area contributed by atoms with Gasteiger partial charge in [0.1, 0.15) is 23.8 Å². The summed E-state index contributed by atoms with van der Waals surface area (Å²) in [5.74, 6) is 2.35. The van der Waals surface area contributed by atoms with Gasteiger partial charge in [-0.3, -0.25) is 0 Å². The van der Waals surface area contributed by atoms with E-state index in [0.717, 1.165) is 73.5 Å². The molecule has 3 aromatic heterocycles. The molecule has 0 saturated carbocycles. The molecule has 0 radical (unpaired) electrons. The molecule has 5 heterocycles. The van der Waals surface area contributed by atoms with Crippen molar-refractivity contribution in [3.05, 3.63) is 41.7 Å². The van der Waals surface area contributed by atoms with Gasteiger partial charge in [-0.05, 0) is 71.3 Å². The Kier molecular flexibility index (Phi) is 11.0. The number of hydrogen-bond acceptors (Lipinski definition) is 10. The number of carbonyl (C=O) groups excluding carboxylic acids is 1. The van der Waals surface area contributed by atoms with Crippen molar-refractivity contribution in [2.24, 2.45) is 0 Å². The summed E-state index contributed by atoms with van der Waals surface area (Å²) in [6.45, 7) is 11.6. The number of anilines is 2. The van der Waals surface area contributed by atoms with Crippen LogP contribution in [-0.4, -0.2) is 92.9 Å². The number of aliphatic hydroxyl groups excluding tert-OH is 1. The van der Waals surface area contributed by atoms with Gasteiger partial charge in [-0.25, -0.2) is 14.8 Å². The van der Waals surface area contributed by atoms with Crippen molar-refractivity contribution in [2.45, 2.75) is 96.9 Å². The SMILES string of the molecule is CCc1cnn2c(NCc3ccc(OCCOC4CCN(C(=O)OC(C)(C)C)CC4)nc3)cc(N3CCCCC3CCO)nc12. The maximum Gasteiger partial charge on any atom is 0.410 e. The Balaban J connectivity index is 1.11. The largest absolute Gasteiger partial charge is 0.475 e.